The molecule has 0 amide bonds. The minimum atomic E-state index is -1.91. The van der Waals surface area contributed by atoms with Gasteiger partial charge in [0.05, 0.1) is 33.0 Å². The van der Waals surface area contributed by atoms with Gasteiger partial charge in [-0.25, -0.2) is 4.79 Å². The van der Waals surface area contributed by atoms with Crippen LogP contribution < -0.4 is 0 Å². The summed E-state index contributed by atoms with van der Waals surface area (Å²) >= 11 is 0. The topological polar surface area (TPSA) is 72.5 Å². The van der Waals surface area contributed by atoms with Crippen LogP contribution in [0.5, 0.6) is 0 Å². The molecule has 0 aromatic rings. The van der Waals surface area contributed by atoms with Gasteiger partial charge in [-0.2, -0.15) is 0 Å². The third-order valence-corrected chi connectivity index (χ3v) is 10.2. The monoisotopic (exact) mass is 757 g/mol. The summed E-state index contributed by atoms with van der Waals surface area (Å²) in [6.45, 7) is 17.7. The van der Waals surface area contributed by atoms with Crippen molar-refractivity contribution in [1.82, 2.24) is 0 Å². The van der Waals surface area contributed by atoms with Gasteiger partial charge in [0.25, 0.3) is 5.79 Å². The van der Waals surface area contributed by atoms with Crippen LogP contribution in [0.3, 0.4) is 0 Å². The zero-order valence-electron chi connectivity index (χ0n) is 36.7. The third-order valence-electron chi connectivity index (χ3n) is 10.2. The van der Waals surface area contributed by atoms with E-state index in [-0.39, 0.29) is 6.61 Å². The Morgan fingerprint density at radius 2 is 0.717 bits per heavy atom. The Balaban J connectivity index is 6.78. The molecule has 0 aliphatic carbocycles. The van der Waals surface area contributed by atoms with Crippen LogP contribution in [-0.4, -0.2) is 63.3 Å². The van der Waals surface area contributed by atoms with Crippen molar-refractivity contribution in [2.45, 2.75) is 252 Å². The predicted molar refractivity (Wildman–Crippen MR) is 224 cm³/mol. The largest absolute Gasteiger partial charge is 0.462 e. The van der Waals surface area contributed by atoms with Gasteiger partial charge in [-0.05, 0) is 44.9 Å². The summed E-state index contributed by atoms with van der Waals surface area (Å²) < 4.78 is 40.8. The van der Waals surface area contributed by atoms with Crippen LogP contribution in [-0.2, 0) is 33.2 Å². The molecule has 0 saturated heterocycles. The van der Waals surface area contributed by atoms with Crippen LogP contribution >= 0.6 is 0 Å². The molecule has 0 saturated carbocycles. The lowest BCUT2D eigenvalue weighted by Crippen LogP contribution is -2.71. The molecule has 0 aromatic carbocycles. The normalized spacial score (nSPS) is 12.8. The molecule has 53 heavy (non-hydrogen) atoms. The van der Waals surface area contributed by atoms with Gasteiger partial charge in [-0.3, -0.25) is 0 Å². The van der Waals surface area contributed by atoms with E-state index in [2.05, 4.69) is 41.5 Å². The Morgan fingerprint density at radius 1 is 0.377 bits per heavy atom. The SMILES string of the molecule is CCCCCCCCCCCCCCC(OCCCCC)C(OCCCCC)(OCCCCC)C(OCCCCC)(OCCCCC)C(=O)OCCC. The predicted octanol–water partition coefficient (Wildman–Crippen LogP) is 13.8. The van der Waals surface area contributed by atoms with Crippen molar-refractivity contribution in [2.75, 3.05) is 39.6 Å². The highest BCUT2D eigenvalue weighted by Crippen LogP contribution is 2.42. The molecule has 0 N–H and O–H groups in total. The second-order valence-corrected chi connectivity index (χ2v) is 15.4. The van der Waals surface area contributed by atoms with Crippen molar-refractivity contribution >= 4 is 5.97 Å². The Labute approximate surface area is 330 Å². The van der Waals surface area contributed by atoms with E-state index in [4.69, 9.17) is 28.4 Å². The Bertz CT molecular complexity index is 736. The van der Waals surface area contributed by atoms with E-state index >= 15 is 0 Å². The first-order valence-electron chi connectivity index (χ1n) is 23.3. The lowest BCUT2D eigenvalue weighted by molar-refractivity contribution is -0.424. The lowest BCUT2D eigenvalue weighted by atomic mass is 9.92. The molecule has 1 unspecified atom stereocenters. The van der Waals surface area contributed by atoms with E-state index in [0.29, 0.717) is 45.9 Å². The van der Waals surface area contributed by atoms with E-state index < -0.39 is 23.6 Å². The highest BCUT2D eigenvalue weighted by Gasteiger charge is 2.67. The van der Waals surface area contributed by atoms with E-state index in [1.54, 1.807) is 0 Å². The van der Waals surface area contributed by atoms with Crippen molar-refractivity contribution in [3.05, 3.63) is 0 Å². The first-order valence-corrected chi connectivity index (χ1v) is 23.3. The molecular weight excluding hydrogens is 664 g/mol. The maximum atomic E-state index is 14.7. The quantitative estimate of drug-likeness (QED) is 0.0348. The summed E-state index contributed by atoms with van der Waals surface area (Å²) in [4.78, 5) is 14.7. The van der Waals surface area contributed by atoms with Gasteiger partial charge in [-0.1, -0.05) is 190 Å². The van der Waals surface area contributed by atoms with Crippen molar-refractivity contribution < 1.29 is 33.2 Å². The van der Waals surface area contributed by atoms with Gasteiger partial charge >= 0.3 is 11.8 Å². The maximum absolute atomic E-state index is 14.7. The first kappa shape index (κ1) is 52.3. The zero-order chi connectivity index (χ0) is 39.1. The minimum Gasteiger partial charge on any atom is -0.462 e. The summed E-state index contributed by atoms with van der Waals surface area (Å²) in [5, 5.41) is 0. The van der Waals surface area contributed by atoms with Gasteiger partial charge in [0.2, 0.25) is 0 Å². The molecule has 0 fully saturated rings. The number of carbonyl (C=O) groups excluding carboxylic acids is 1. The molecule has 0 radical (unpaired) electrons. The molecule has 318 valence electrons. The summed E-state index contributed by atoms with van der Waals surface area (Å²) in [5.74, 6) is -4.06. The summed E-state index contributed by atoms with van der Waals surface area (Å²) in [5.41, 5.74) is 0. The molecule has 0 spiro atoms. The number of rotatable bonds is 43. The fourth-order valence-corrected chi connectivity index (χ4v) is 6.84. The number of hydrogen-bond donors (Lipinski definition) is 0. The van der Waals surface area contributed by atoms with E-state index in [1.165, 1.54) is 64.2 Å². The van der Waals surface area contributed by atoms with Crippen molar-refractivity contribution in [3.63, 3.8) is 0 Å². The Hall–Kier alpha value is -0.730. The fraction of sp³-hybridized carbons (Fsp3) is 0.978. The fourth-order valence-electron chi connectivity index (χ4n) is 6.84. The second kappa shape index (κ2) is 38.2. The molecule has 0 aromatic heterocycles. The smallest absolute Gasteiger partial charge is 0.373 e. The number of carbonyl (C=O) groups is 1. The number of ether oxygens (including phenoxy) is 6. The molecule has 7 heteroatoms. The Kier molecular flexibility index (Phi) is 37.6. The molecule has 0 aliphatic heterocycles. The van der Waals surface area contributed by atoms with E-state index in [0.717, 1.165) is 109 Å². The number of hydrogen-bond acceptors (Lipinski definition) is 7. The molecule has 0 bridgehead atoms. The second-order valence-electron chi connectivity index (χ2n) is 15.4. The van der Waals surface area contributed by atoms with Crippen molar-refractivity contribution in [2.24, 2.45) is 0 Å². The molecule has 0 heterocycles. The first-order chi connectivity index (χ1) is 26.0. The average molecular weight is 757 g/mol. The minimum absolute atomic E-state index is 0.278. The van der Waals surface area contributed by atoms with Crippen LogP contribution in [0.4, 0.5) is 0 Å². The molecule has 1 atom stereocenters. The van der Waals surface area contributed by atoms with Crippen molar-refractivity contribution in [1.29, 1.82) is 0 Å². The van der Waals surface area contributed by atoms with Gasteiger partial charge in [-0.15, -0.1) is 0 Å². The molecule has 0 rings (SSSR count). The van der Waals surface area contributed by atoms with Gasteiger partial charge in [0, 0.05) is 6.61 Å². The number of esters is 1. The standard InChI is InChI=1S/C46H92O7/c1-8-15-21-22-23-24-25-26-27-28-29-30-36-43(48-38-31-16-9-2)45(50-39-32-17-10-3,51-40-33-18-11-4)46(44(47)49-37-14-7,52-41-34-19-12-5)53-42-35-20-13-6/h43H,8-42H2,1-7H3. The van der Waals surface area contributed by atoms with Gasteiger partial charge < -0.3 is 28.4 Å². The maximum Gasteiger partial charge on any atom is 0.373 e. The summed E-state index contributed by atoms with van der Waals surface area (Å²) in [6.07, 6.45) is 30.9. The van der Waals surface area contributed by atoms with E-state index in [1.807, 2.05) is 6.92 Å². The highest BCUT2D eigenvalue weighted by atomic mass is 16.8. The lowest BCUT2D eigenvalue weighted by Gasteiger charge is -2.50. The highest BCUT2D eigenvalue weighted by molar-refractivity contribution is 5.79. The van der Waals surface area contributed by atoms with Crippen LogP contribution in [0.2, 0.25) is 0 Å². The third kappa shape index (κ3) is 23.8. The zero-order valence-corrected chi connectivity index (χ0v) is 36.7. The van der Waals surface area contributed by atoms with Crippen molar-refractivity contribution in [3.8, 4) is 0 Å². The molecule has 7 nitrogen and oxygen atoms in total. The summed E-state index contributed by atoms with van der Waals surface area (Å²) in [6, 6.07) is 0. The molecular formula is C46H92O7. The van der Waals surface area contributed by atoms with Gasteiger partial charge in [0.15, 0.2) is 0 Å². The van der Waals surface area contributed by atoms with Crippen LogP contribution in [0.15, 0.2) is 0 Å². The summed E-state index contributed by atoms with van der Waals surface area (Å²) in [7, 11) is 0. The Morgan fingerprint density at radius 3 is 1.11 bits per heavy atom. The van der Waals surface area contributed by atoms with Gasteiger partial charge in [0.1, 0.15) is 6.10 Å². The average Bonchev–Trinajstić information content (AvgIpc) is 3.17. The van der Waals surface area contributed by atoms with Crippen LogP contribution in [0.25, 0.3) is 0 Å². The van der Waals surface area contributed by atoms with E-state index in [9.17, 15) is 4.79 Å². The van der Waals surface area contributed by atoms with Crippen LogP contribution in [0, 0.1) is 0 Å². The van der Waals surface area contributed by atoms with Crippen LogP contribution in [0.1, 0.15) is 235 Å². The number of unbranched alkanes of at least 4 members (excludes halogenated alkanes) is 21. The molecule has 0 aliphatic rings.